The van der Waals surface area contributed by atoms with Crippen LogP contribution in [0.25, 0.3) is 0 Å². The molecule has 0 saturated heterocycles. The average molecular weight is 223 g/mol. The lowest BCUT2D eigenvalue weighted by molar-refractivity contribution is -0.151. The lowest BCUT2D eigenvalue weighted by Gasteiger charge is -2.22. The SMILES string of the molecule is COC(=O)C(C)(C)Cn1cccc(C)c1=O. The number of carbonyl (C=O) groups is 1. The Balaban J connectivity index is 3.01. The van der Waals surface area contributed by atoms with Crippen molar-refractivity contribution in [2.45, 2.75) is 27.3 Å². The van der Waals surface area contributed by atoms with Crippen LogP contribution < -0.4 is 5.56 Å². The molecule has 0 radical (unpaired) electrons. The fourth-order valence-corrected chi connectivity index (χ4v) is 1.55. The van der Waals surface area contributed by atoms with E-state index in [9.17, 15) is 9.59 Å². The minimum atomic E-state index is -0.702. The maximum absolute atomic E-state index is 11.8. The summed E-state index contributed by atoms with van der Waals surface area (Å²) in [6.45, 7) is 5.59. The third-order valence-corrected chi connectivity index (χ3v) is 2.51. The molecule has 1 rings (SSSR count). The van der Waals surface area contributed by atoms with Crippen LogP contribution in [-0.2, 0) is 16.1 Å². The first-order valence-corrected chi connectivity index (χ1v) is 5.13. The third-order valence-electron chi connectivity index (χ3n) is 2.51. The summed E-state index contributed by atoms with van der Waals surface area (Å²) in [4.78, 5) is 23.3. The number of methoxy groups -OCH3 is 1. The van der Waals surface area contributed by atoms with Gasteiger partial charge < -0.3 is 9.30 Å². The quantitative estimate of drug-likeness (QED) is 0.727. The summed E-state index contributed by atoms with van der Waals surface area (Å²) < 4.78 is 6.24. The molecule has 0 N–H and O–H groups in total. The first kappa shape index (κ1) is 12.5. The lowest BCUT2D eigenvalue weighted by Crippen LogP contribution is -2.35. The largest absolute Gasteiger partial charge is 0.469 e. The molecule has 0 aliphatic carbocycles. The summed E-state index contributed by atoms with van der Waals surface area (Å²) in [6.07, 6.45) is 1.68. The summed E-state index contributed by atoms with van der Waals surface area (Å²) in [5.41, 5.74) is -0.102. The number of nitrogens with zero attached hydrogens (tertiary/aromatic N) is 1. The van der Waals surface area contributed by atoms with Crippen LogP contribution in [0.3, 0.4) is 0 Å². The summed E-state index contributed by atoms with van der Waals surface area (Å²) >= 11 is 0. The van der Waals surface area contributed by atoms with Crippen LogP contribution in [0.15, 0.2) is 23.1 Å². The molecular weight excluding hydrogens is 206 g/mol. The smallest absolute Gasteiger partial charge is 0.313 e. The van der Waals surface area contributed by atoms with Gasteiger partial charge in [-0.05, 0) is 26.8 Å². The molecule has 0 aromatic carbocycles. The van der Waals surface area contributed by atoms with Gasteiger partial charge in [-0.2, -0.15) is 0 Å². The van der Waals surface area contributed by atoms with E-state index in [1.165, 1.54) is 11.7 Å². The van der Waals surface area contributed by atoms with Gasteiger partial charge in [-0.25, -0.2) is 0 Å². The van der Waals surface area contributed by atoms with Gasteiger partial charge in [0.05, 0.1) is 12.5 Å². The molecule has 0 aliphatic heterocycles. The van der Waals surface area contributed by atoms with E-state index in [0.29, 0.717) is 12.1 Å². The van der Waals surface area contributed by atoms with Crippen molar-refractivity contribution in [3.05, 3.63) is 34.2 Å². The van der Waals surface area contributed by atoms with E-state index in [2.05, 4.69) is 0 Å². The van der Waals surface area contributed by atoms with Crippen LogP contribution in [0.2, 0.25) is 0 Å². The molecule has 88 valence electrons. The predicted molar refractivity (Wildman–Crippen MR) is 61.2 cm³/mol. The van der Waals surface area contributed by atoms with Crippen LogP contribution in [0, 0.1) is 12.3 Å². The molecule has 0 atom stereocenters. The van der Waals surface area contributed by atoms with Crippen molar-refractivity contribution >= 4 is 5.97 Å². The molecule has 1 aromatic rings. The third kappa shape index (κ3) is 2.51. The molecule has 4 heteroatoms. The number of pyridine rings is 1. The minimum Gasteiger partial charge on any atom is -0.469 e. The zero-order valence-corrected chi connectivity index (χ0v) is 10.1. The minimum absolute atomic E-state index is 0.0699. The summed E-state index contributed by atoms with van der Waals surface area (Å²) in [5, 5.41) is 0. The maximum atomic E-state index is 11.8. The van der Waals surface area contributed by atoms with Crippen LogP contribution in [0.1, 0.15) is 19.4 Å². The Bertz CT molecular complexity index is 446. The summed E-state index contributed by atoms with van der Waals surface area (Å²) in [6, 6.07) is 3.55. The topological polar surface area (TPSA) is 48.3 Å². The van der Waals surface area contributed by atoms with Gasteiger partial charge in [-0.3, -0.25) is 9.59 Å². The Kier molecular flexibility index (Phi) is 3.52. The zero-order chi connectivity index (χ0) is 12.3. The average Bonchev–Trinajstić information content (AvgIpc) is 2.23. The van der Waals surface area contributed by atoms with E-state index in [4.69, 9.17) is 4.74 Å². The van der Waals surface area contributed by atoms with Crippen LogP contribution >= 0.6 is 0 Å². The second-order valence-corrected chi connectivity index (χ2v) is 4.50. The standard InChI is InChI=1S/C12H17NO3/c1-9-6-5-7-13(10(9)14)8-12(2,3)11(15)16-4/h5-7H,8H2,1-4H3. The molecule has 1 aromatic heterocycles. The Morgan fingerprint density at radius 3 is 2.69 bits per heavy atom. The van der Waals surface area contributed by atoms with E-state index < -0.39 is 5.41 Å². The highest BCUT2D eigenvalue weighted by Crippen LogP contribution is 2.18. The molecule has 0 amide bonds. The van der Waals surface area contributed by atoms with E-state index in [1.54, 1.807) is 39.1 Å². The van der Waals surface area contributed by atoms with Crippen LogP contribution in [-0.4, -0.2) is 17.6 Å². The normalized spacial score (nSPS) is 11.2. The molecule has 0 aliphatic rings. The number of hydrogen-bond acceptors (Lipinski definition) is 3. The van der Waals surface area contributed by atoms with Crippen molar-refractivity contribution < 1.29 is 9.53 Å². The van der Waals surface area contributed by atoms with Gasteiger partial charge in [-0.15, -0.1) is 0 Å². The van der Waals surface area contributed by atoms with Crippen LogP contribution in [0.4, 0.5) is 0 Å². The van der Waals surface area contributed by atoms with E-state index in [1.807, 2.05) is 0 Å². The predicted octanol–water partition coefficient (Wildman–Crippen LogP) is 1.36. The van der Waals surface area contributed by atoms with Gasteiger partial charge in [-0.1, -0.05) is 6.07 Å². The number of aryl methyl sites for hydroxylation is 1. The Morgan fingerprint density at radius 1 is 1.50 bits per heavy atom. The summed E-state index contributed by atoms with van der Waals surface area (Å²) in [7, 11) is 1.35. The Morgan fingerprint density at radius 2 is 2.12 bits per heavy atom. The van der Waals surface area contributed by atoms with Crippen molar-refractivity contribution in [2.75, 3.05) is 7.11 Å². The second kappa shape index (κ2) is 4.51. The van der Waals surface area contributed by atoms with Gasteiger partial charge in [0.2, 0.25) is 0 Å². The van der Waals surface area contributed by atoms with Crippen LogP contribution in [0.5, 0.6) is 0 Å². The number of ether oxygens (including phenoxy) is 1. The fourth-order valence-electron chi connectivity index (χ4n) is 1.55. The first-order valence-electron chi connectivity index (χ1n) is 5.13. The number of carbonyl (C=O) groups excluding carboxylic acids is 1. The van der Waals surface area contributed by atoms with E-state index in [0.717, 1.165) is 0 Å². The van der Waals surface area contributed by atoms with E-state index >= 15 is 0 Å². The molecule has 0 bridgehead atoms. The van der Waals surface area contributed by atoms with Crippen molar-refractivity contribution in [1.29, 1.82) is 0 Å². The highest BCUT2D eigenvalue weighted by Gasteiger charge is 2.29. The van der Waals surface area contributed by atoms with Gasteiger partial charge in [0.15, 0.2) is 0 Å². The first-order chi connectivity index (χ1) is 7.38. The zero-order valence-electron chi connectivity index (χ0n) is 10.1. The number of hydrogen-bond donors (Lipinski definition) is 0. The molecular formula is C12H17NO3. The van der Waals surface area contributed by atoms with Gasteiger partial charge in [0, 0.05) is 18.3 Å². The van der Waals surface area contributed by atoms with Crippen molar-refractivity contribution in [2.24, 2.45) is 5.41 Å². The maximum Gasteiger partial charge on any atom is 0.313 e. The second-order valence-electron chi connectivity index (χ2n) is 4.50. The van der Waals surface area contributed by atoms with Gasteiger partial charge in [0.1, 0.15) is 0 Å². The van der Waals surface area contributed by atoms with Gasteiger partial charge in [0.25, 0.3) is 5.56 Å². The molecule has 1 heterocycles. The van der Waals surface area contributed by atoms with E-state index in [-0.39, 0.29) is 11.5 Å². The number of aromatic nitrogens is 1. The molecule has 4 nitrogen and oxygen atoms in total. The molecule has 0 spiro atoms. The highest BCUT2D eigenvalue weighted by atomic mass is 16.5. The molecule has 0 fully saturated rings. The molecule has 0 unspecified atom stereocenters. The number of esters is 1. The fraction of sp³-hybridized carbons (Fsp3) is 0.500. The molecule has 16 heavy (non-hydrogen) atoms. The van der Waals surface area contributed by atoms with Gasteiger partial charge >= 0.3 is 5.97 Å². The monoisotopic (exact) mass is 223 g/mol. The summed E-state index contributed by atoms with van der Waals surface area (Å²) in [5.74, 6) is -0.319. The molecule has 0 saturated carbocycles. The Labute approximate surface area is 94.9 Å². The van der Waals surface area contributed by atoms with Crippen molar-refractivity contribution in [3.8, 4) is 0 Å². The lowest BCUT2D eigenvalue weighted by atomic mass is 9.93. The highest BCUT2D eigenvalue weighted by molar-refractivity contribution is 5.75. The van der Waals surface area contributed by atoms with Crippen molar-refractivity contribution in [1.82, 2.24) is 4.57 Å². The van der Waals surface area contributed by atoms with Crippen molar-refractivity contribution in [3.63, 3.8) is 0 Å². The number of rotatable bonds is 3. The Hall–Kier alpha value is -1.58.